The maximum Gasteiger partial charge on any atom is -0.0126 e. The lowest BCUT2D eigenvalue weighted by atomic mass is 9.82. The third kappa shape index (κ3) is 1.69. The van der Waals surface area contributed by atoms with Gasteiger partial charge in [-0.3, -0.25) is 0 Å². The summed E-state index contributed by atoms with van der Waals surface area (Å²) >= 11 is 0. The molecule has 0 N–H and O–H groups in total. The van der Waals surface area contributed by atoms with Crippen molar-refractivity contribution in [2.24, 2.45) is 5.41 Å². The minimum atomic E-state index is 0.274. The molecule has 0 heterocycles. The molecule has 0 unspecified atom stereocenters. The summed E-state index contributed by atoms with van der Waals surface area (Å²) in [7, 11) is 0. The van der Waals surface area contributed by atoms with Crippen molar-refractivity contribution in [1.82, 2.24) is 0 Å². The van der Waals surface area contributed by atoms with E-state index in [2.05, 4.69) is 52.8 Å². The van der Waals surface area contributed by atoms with E-state index in [9.17, 15) is 0 Å². The van der Waals surface area contributed by atoms with E-state index in [1.165, 1.54) is 16.7 Å². The normalized spacial score (nSPS) is 16.8. The monoisotopic (exact) mass is 162 g/mol. The van der Waals surface area contributed by atoms with E-state index in [0.717, 1.165) is 0 Å². The summed E-state index contributed by atoms with van der Waals surface area (Å²) in [6, 6.07) is 0. The number of hydrogen-bond donors (Lipinski definition) is 0. The summed E-state index contributed by atoms with van der Waals surface area (Å²) in [5.74, 6) is 0. The van der Waals surface area contributed by atoms with Crippen LogP contribution >= 0.6 is 0 Å². The highest BCUT2D eigenvalue weighted by atomic mass is 14.3. The topological polar surface area (TPSA) is 0 Å². The molecule has 1 aliphatic rings. The zero-order valence-corrected chi connectivity index (χ0v) is 8.73. The van der Waals surface area contributed by atoms with Crippen molar-refractivity contribution in [3.05, 3.63) is 34.9 Å². The predicted octanol–water partition coefficient (Wildman–Crippen LogP) is 3.87. The molecule has 0 radical (unpaired) electrons. The molecular formula is C12H18. The summed E-state index contributed by atoms with van der Waals surface area (Å²) in [6.45, 7) is 11.1. The molecule has 0 fully saturated rings. The SMILES string of the molecule is CC(C)=C1C=CC=C1C(C)(C)C. The molecule has 0 amide bonds. The van der Waals surface area contributed by atoms with Gasteiger partial charge in [0.15, 0.2) is 0 Å². The van der Waals surface area contributed by atoms with Gasteiger partial charge in [0, 0.05) is 0 Å². The third-order valence-corrected chi connectivity index (χ3v) is 2.16. The van der Waals surface area contributed by atoms with Crippen LogP contribution in [0.25, 0.3) is 0 Å². The van der Waals surface area contributed by atoms with Gasteiger partial charge in [0.25, 0.3) is 0 Å². The molecule has 0 heteroatoms. The Morgan fingerprint density at radius 2 is 1.75 bits per heavy atom. The maximum absolute atomic E-state index is 2.26. The van der Waals surface area contributed by atoms with Gasteiger partial charge in [-0.25, -0.2) is 0 Å². The summed E-state index contributed by atoms with van der Waals surface area (Å²) in [5.41, 5.74) is 4.56. The molecule has 12 heavy (non-hydrogen) atoms. The van der Waals surface area contributed by atoms with Crippen LogP contribution in [0.4, 0.5) is 0 Å². The van der Waals surface area contributed by atoms with E-state index in [0.29, 0.717) is 0 Å². The van der Waals surface area contributed by atoms with Crippen LogP contribution in [0.2, 0.25) is 0 Å². The molecule has 0 saturated heterocycles. The van der Waals surface area contributed by atoms with Gasteiger partial charge >= 0.3 is 0 Å². The van der Waals surface area contributed by atoms with E-state index >= 15 is 0 Å². The van der Waals surface area contributed by atoms with Crippen LogP contribution in [0, 0.1) is 5.41 Å². The van der Waals surface area contributed by atoms with E-state index in [1.807, 2.05) is 0 Å². The minimum absolute atomic E-state index is 0.274. The summed E-state index contributed by atoms with van der Waals surface area (Å²) in [4.78, 5) is 0. The smallest absolute Gasteiger partial charge is 0.0126 e. The lowest BCUT2D eigenvalue weighted by Gasteiger charge is -2.22. The quantitative estimate of drug-likeness (QED) is 0.507. The Morgan fingerprint density at radius 1 is 1.17 bits per heavy atom. The van der Waals surface area contributed by atoms with Gasteiger partial charge in [-0.2, -0.15) is 0 Å². The molecule has 0 nitrogen and oxygen atoms in total. The number of hydrogen-bond acceptors (Lipinski definition) is 0. The van der Waals surface area contributed by atoms with Crippen LogP contribution in [0.5, 0.6) is 0 Å². The molecule has 0 aliphatic heterocycles. The molecule has 1 aliphatic carbocycles. The molecule has 0 bridgehead atoms. The van der Waals surface area contributed by atoms with Crippen LogP contribution in [-0.2, 0) is 0 Å². The van der Waals surface area contributed by atoms with Crippen LogP contribution < -0.4 is 0 Å². The fraction of sp³-hybridized carbons (Fsp3) is 0.500. The van der Waals surface area contributed by atoms with Gasteiger partial charge in [-0.05, 0) is 30.4 Å². The van der Waals surface area contributed by atoms with Crippen LogP contribution in [-0.4, -0.2) is 0 Å². The average molecular weight is 162 g/mol. The zero-order valence-electron chi connectivity index (χ0n) is 8.73. The Balaban J connectivity index is 3.06. The second-order valence-corrected chi connectivity index (χ2v) is 4.60. The Kier molecular flexibility index (Phi) is 2.27. The van der Waals surface area contributed by atoms with E-state index < -0.39 is 0 Å². The molecule has 0 spiro atoms. The Hall–Kier alpha value is -0.780. The predicted molar refractivity (Wildman–Crippen MR) is 55.1 cm³/mol. The van der Waals surface area contributed by atoms with Crippen molar-refractivity contribution in [2.45, 2.75) is 34.6 Å². The van der Waals surface area contributed by atoms with Crippen LogP contribution in [0.15, 0.2) is 34.9 Å². The lowest BCUT2D eigenvalue weighted by Crippen LogP contribution is -2.09. The molecule has 0 aromatic carbocycles. The molecule has 66 valence electrons. The largest absolute Gasteiger partial charge is 0.0689 e. The van der Waals surface area contributed by atoms with Crippen molar-refractivity contribution in [3.63, 3.8) is 0 Å². The summed E-state index contributed by atoms with van der Waals surface area (Å²) < 4.78 is 0. The summed E-state index contributed by atoms with van der Waals surface area (Å²) in [6.07, 6.45) is 6.57. The van der Waals surface area contributed by atoms with Gasteiger partial charge in [0.05, 0.1) is 0 Å². The Morgan fingerprint density at radius 3 is 2.08 bits per heavy atom. The first-order valence-electron chi connectivity index (χ1n) is 4.49. The third-order valence-electron chi connectivity index (χ3n) is 2.16. The van der Waals surface area contributed by atoms with Gasteiger partial charge in [0.1, 0.15) is 0 Å². The maximum atomic E-state index is 2.26. The highest BCUT2D eigenvalue weighted by Crippen LogP contribution is 2.36. The lowest BCUT2D eigenvalue weighted by molar-refractivity contribution is 0.513. The van der Waals surface area contributed by atoms with E-state index in [-0.39, 0.29) is 5.41 Å². The molecular weight excluding hydrogens is 144 g/mol. The minimum Gasteiger partial charge on any atom is -0.0689 e. The molecule has 0 aromatic rings. The first kappa shape index (κ1) is 9.31. The van der Waals surface area contributed by atoms with Crippen molar-refractivity contribution in [2.75, 3.05) is 0 Å². The van der Waals surface area contributed by atoms with Gasteiger partial charge in [-0.15, -0.1) is 0 Å². The van der Waals surface area contributed by atoms with Gasteiger partial charge in [0.2, 0.25) is 0 Å². The molecule has 0 aromatic heterocycles. The van der Waals surface area contributed by atoms with Crippen molar-refractivity contribution in [3.8, 4) is 0 Å². The zero-order chi connectivity index (χ0) is 9.35. The fourth-order valence-electron chi connectivity index (χ4n) is 1.51. The van der Waals surface area contributed by atoms with Crippen molar-refractivity contribution in [1.29, 1.82) is 0 Å². The summed E-state index contributed by atoms with van der Waals surface area (Å²) in [5, 5.41) is 0. The Labute approximate surface area is 75.7 Å². The highest BCUT2D eigenvalue weighted by Gasteiger charge is 2.21. The number of allylic oxidation sites excluding steroid dienone is 6. The Bertz CT molecular complexity index is 263. The van der Waals surface area contributed by atoms with E-state index in [1.54, 1.807) is 0 Å². The molecule has 1 rings (SSSR count). The van der Waals surface area contributed by atoms with Crippen molar-refractivity contribution >= 4 is 0 Å². The fourth-order valence-corrected chi connectivity index (χ4v) is 1.51. The van der Waals surface area contributed by atoms with Gasteiger partial charge in [-0.1, -0.05) is 44.6 Å². The number of rotatable bonds is 0. The second-order valence-electron chi connectivity index (χ2n) is 4.60. The first-order valence-corrected chi connectivity index (χ1v) is 4.49. The highest BCUT2D eigenvalue weighted by molar-refractivity contribution is 5.52. The second kappa shape index (κ2) is 2.93. The first-order chi connectivity index (χ1) is 5.43. The molecule has 0 atom stereocenters. The average Bonchev–Trinajstić information content (AvgIpc) is 2.30. The standard InChI is InChI=1S/C12H18/c1-9(2)10-7-6-8-11(10)12(3,4)5/h6-8H,1-5H3. The van der Waals surface area contributed by atoms with Crippen LogP contribution in [0.1, 0.15) is 34.6 Å². The van der Waals surface area contributed by atoms with Crippen molar-refractivity contribution < 1.29 is 0 Å². The van der Waals surface area contributed by atoms with E-state index in [4.69, 9.17) is 0 Å². The van der Waals surface area contributed by atoms with Crippen LogP contribution in [0.3, 0.4) is 0 Å². The van der Waals surface area contributed by atoms with Gasteiger partial charge < -0.3 is 0 Å². The molecule has 0 saturated carbocycles.